The lowest BCUT2D eigenvalue weighted by atomic mass is 10.0. The van der Waals surface area contributed by atoms with Gasteiger partial charge in [0.25, 0.3) is 0 Å². The normalized spacial score (nSPS) is 10.6. The van der Waals surface area contributed by atoms with E-state index in [0.717, 1.165) is 5.82 Å². The van der Waals surface area contributed by atoms with Crippen LogP contribution in [0.1, 0.15) is 19.7 Å². The van der Waals surface area contributed by atoms with Crippen molar-refractivity contribution >= 4 is 13.3 Å². The molecule has 0 fully saturated rings. The first kappa shape index (κ1) is 9.19. The summed E-state index contributed by atoms with van der Waals surface area (Å²) in [7, 11) is 5.44. The van der Waals surface area contributed by atoms with Crippen LogP contribution in [0.2, 0.25) is 0 Å². The topological polar surface area (TPSA) is 37.8 Å². The van der Waals surface area contributed by atoms with Crippen LogP contribution in [0.3, 0.4) is 0 Å². The van der Waals surface area contributed by atoms with Crippen LogP contribution in [0.25, 0.3) is 0 Å². The molecule has 1 heterocycles. The lowest BCUT2D eigenvalue weighted by molar-refractivity contribution is 0.572. The van der Waals surface area contributed by atoms with Crippen molar-refractivity contribution in [3.05, 3.63) is 18.2 Å². The van der Waals surface area contributed by atoms with E-state index in [1.54, 1.807) is 12.4 Å². The summed E-state index contributed by atoms with van der Waals surface area (Å²) < 4.78 is 0. The van der Waals surface area contributed by atoms with Crippen LogP contribution in [0.5, 0.6) is 0 Å². The minimum atomic E-state index is 0.450. The summed E-state index contributed by atoms with van der Waals surface area (Å²) in [6, 6.07) is 0.450. The van der Waals surface area contributed by atoms with Gasteiger partial charge in [0.1, 0.15) is 13.7 Å². The first-order valence-electron chi connectivity index (χ1n) is 3.98. The minimum Gasteiger partial charge on any atom is -0.308 e. The lowest BCUT2D eigenvalue weighted by Crippen LogP contribution is -2.23. The van der Waals surface area contributed by atoms with Gasteiger partial charge in [0.05, 0.1) is 6.54 Å². The Hall–Kier alpha value is -0.895. The largest absolute Gasteiger partial charge is 0.308 e. The first-order chi connectivity index (χ1) is 5.68. The summed E-state index contributed by atoms with van der Waals surface area (Å²) in [6.07, 6.45) is 3.23. The molecule has 1 N–H and O–H groups in total. The van der Waals surface area contributed by atoms with Crippen molar-refractivity contribution in [2.75, 3.05) is 0 Å². The van der Waals surface area contributed by atoms with Crippen LogP contribution in [-0.2, 0) is 6.54 Å². The Balaban J connectivity index is 2.48. The molecule has 0 saturated carbocycles. The molecule has 0 spiro atoms. The highest BCUT2D eigenvalue weighted by Gasteiger charge is 1.96. The van der Waals surface area contributed by atoms with Crippen molar-refractivity contribution in [3.8, 4) is 0 Å². The molecule has 2 radical (unpaired) electrons. The quantitative estimate of drug-likeness (QED) is 0.622. The highest BCUT2D eigenvalue weighted by atomic mass is 15.0. The maximum atomic E-state index is 5.44. The van der Waals surface area contributed by atoms with Crippen LogP contribution in [-0.4, -0.2) is 23.9 Å². The zero-order chi connectivity index (χ0) is 8.97. The van der Waals surface area contributed by atoms with Crippen LogP contribution in [0.15, 0.2) is 12.4 Å². The predicted molar refractivity (Wildman–Crippen MR) is 49.4 cm³/mol. The average molecular weight is 161 g/mol. The van der Waals surface area contributed by atoms with E-state index in [2.05, 4.69) is 29.1 Å². The number of nitrogens with one attached hydrogen (secondary N) is 1. The third-order valence-electron chi connectivity index (χ3n) is 1.39. The van der Waals surface area contributed by atoms with Crippen LogP contribution in [0, 0.1) is 0 Å². The van der Waals surface area contributed by atoms with Gasteiger partial charge in [-0.1, -0.05) is 19.3 Å². The number of hydrogen-bond donors (Lipinski definition) is 1. The third kappa shape index (κ3) is 3.01. The maximum absolute atomic E-state index is 5.44. The third-order valence-corrected chi connectivity index (χ3v) is 1.39. The second-order valence-electron chi connectivity index (χ2n) is 2.97. The highest BCUT2D eigenvalue weighted by Crippen LogP contribution is 1.86. The van der Waals surface area contributed by atoms with Gasteiger partial charge < -0.3 is 5.32 Å². The minimum absolute atomic E-state index is 0.450. The van der Waals surface area contributed by atoms with Crippen molar-refractivity contribution < 1.29 is 0 Å². The van der Waals surface area contributed by atoms with Gasteiger partial charge in [-0.3, -0.25) is 0 Å². The van der Waals surface area contributed by atoms with E-state index < -0.39 is 0 Å². The summed E-state index contributed by atoms with van der Waals surface area (Å²) in [6.45, 7) is 4.85. The predicted octanol–water partition coefficient (Wildman–Crippen LogP) is -0.232. The second-order valence-corrected chi connectivity index (χ2v) is 2.97. The molecule has 0 bridgehead atoms. The smallest absolute Gasteiger partial charge is 0.141 e. The second kappa shape index (κ2) is 4.21. The van der Waals surface area contributed by atoms with Crippen molar-refractivity contribution in [1.82, 2.24) is 15.3 Å². The van der Waals surface area contributed by atoms with E-state index in [1.807, 2.05) is 0 Å². The summed E-state index contributed by atoms with van der Waals surface area (Å²) in [5.74, 6) is 0.776. The molecule has 0 aliphatic heterocycles. The standard InChI is InChI=1S/C8H12BN3/c1-6(2)10-5-8-11-3-7(9)4-12-8/h3-4,6,10H,5H2,1-2H3. The molecule has 12 heavy (non-hydrogen) atoms. The molecule has 0 aromatic carbocycles. The molecular weight excluding hydrogens is 149 g/mol. The van der Waals surface area contributed by atoms with Crippen LogP contribution >= 0.6 is 0 Å². The zero-order valence-electron chi connectivity index (χ0n) is 7.41. The van der Waals surface area contributed by atoms with E-state index in [-0.39, 0.29) is 0 Å². The van der Waals surface area contributed by atoms with E-state index in [1.165, 1.54) is 0 Å². The van der Waals surface area contributed by atoms with Gasteiger partial charge in [-0.05, 0) is 0 Å². The molecule has 62 valence electrons. The van der Waals surface area contributed by atoms with Crippen molar-refractivity contribution in [2.45, 2.75) is 26.4 Å². The van der Waals surface area contributed by atoms with Gasteiger partial charge in [0, 0.05) is 18.4 Å². The Morgan fingerprint density at radius 3 is 2.50 bits per heavy atom. The summed E-state index contributed by atoms with van der Waals surface area (Å²) in [4.78, 5) is 8.10. The molecule has 4 heteroatoms. The van der Waals surface area contributed by atoms with Gasteiger partial charge in [-0.2, -0.15) is 0 Å². The molecule has 0 aliphatic rings. The summed E-state index contributed by atoms with van der Waals surface area (Å²) in [5, 5.41) is 3.22. The van der Waals surface area contributed by atoms with E-state index in [9.17, 15) is 0 Å². The molecule has 0 atom stereocenters. The summed E-state index contributed by atoms with van der Waals surface area (Å²) in [5.41, 5.74) is 0.600. The molecule has 1 aromatic heterocycles. The molecule has 1 aromatic rings. The average Bonchev–Trinajstić information content (AvgIpc) is 2.03. The van der Waals surface area contributed by atoms with Gasteiger partial charge in [-0.15, -0.1) is 0 Å². The molecule has 3 nitrogen and oxygen atoms in total. The molecule has 0 saturated heterocycles. The Labute approximate surface area is 74.0 Å². The molecule has 1 rings (SSSR count). The monoisotopic (exact) mass is 161 g/mol. The lowest BCUT2D eigenvalue weighted by Gasteiger charge is -2.06. The summed E-state index contributed by atoms with van der Waals surface area (Å²) >= 11 is 0. The zero-order valence-corrected chi connectivity index (χ0v) is 7.41. The number of nitrogens with zero attached hydrogens (tertiary/aromatic N) is 2. The van der Waals surface area contributed by atoms with E-state index >= 15 is 0 Å². The maximum Gasteiger partial charge on any atom is 0.141 e. The Bertz CT molecular complexity index is 233. The van der Waals surface area contributed by atoms with Gasteiger partial charge in [0.2, 0.25) is 0 Å². The van der Waals surface area contributed by atoms with E-state index in [0.29, 0.717) is 18.0 Å². The van der Waals surface area contributed by atoms with Crippen LogP contribution < -0.4 is 10.8 Å². The van der Waals surface area contributed by atoms with Crippen molar-refractivity contribution in [1.29, 1.82) is 0 Å². The fourth-order valence-corrected chi connectivity index (χ4v) is 0.751. The number of aromatic nitrogens is 2. The van der Waals surface area contributed by atoms with E-state index in [4.69, 9.17) is 7.85 Å². The Morgan fingerprint density at radius 1 is 1.42 bits per heavy atom. The first-order valence-corrected chi connectivity index (χ1v) is 3.98. The van der Waals surface area contributed by atoms with Crippen LogP contribution in [0.4, 0.5) is 0 Å². The molecular formula is C8H12BN3. The fourth-order valence-electron chi connectivity index (χ4n) is 0.751. The van der Waals surface area contributed by atoms with Gasteiger partial charge >= 0.3 is 0 Å². The Morgan fingerprint density at radius 2 is 2.00 bits per heavy atom. The van der Waals surface area contributed by atoms with Crippen molar-refractivity contribution in [2.24, 2.45) is 0 Å². The SMILES string of the molecule is [B]c1cnc(CNC(C)C)nc1. The molecule has 0 unspecified atom stereocenters. The van der Waals surface area contributed by atoms with Crippen molar-refractivity contribution in [3.63, 3.8) is 0 Å². The van der Waals surface area contributed by atoms with Gasteiger partial charge in [-0.25, -0.2) is 9.97 Å². The molecule has 0 amide bonds. The van der Waals surface area contributed by atoms with Gasteiger partial charge in [0.15, 0.2) is 0 Å². The molecule has 0 aliphatic carbocycles. The number of rotatable bonds is 3. The fraction of sp³-hybridized carbons (Fsp3) is 0.500. The highest BCUT2D eigenvalue weighted by molar-refractivity contribution is 6.31. The number of hydrogen-bond acceptors (Lipinski definition) is 3. The Kier molecular flexibility index (Phi) is 3.23.